The highest BCUT2D eigenvalue weighted by molar-refractivity contribution is 5.88. The third-order valence-corrected chi connectivity index (χ3v) is 5.60. The van der Waals surface area contributed by atoms with Crippen molar-refractivity contribution < 1.29 is 18.7 Å². The van der Waals surface area contributed by atoms with E-state index in [1.54, 1.807) is 12.1 Å². The molecule has 174 valence electrons. The van der Waals surface area contributed by atoms with E-state index in [4.69, 9.17) is 4.74 Å². The van der Waals surface area contributed by atoms with Crippen LogP contribution >= 0.6 is 0 Å². The molecule has 1 atom stereocenters. The van der Waals surface area contributed by atoms with Gasteiger partial charge >= 0.3 is 0 Å². The Hall–Kier alpha value is -2.89. The summed E-state index contributed by atoms with van der Waals surface area (Å²) in [5, 5.41) is 2.93. The number of nitrogens with zero attached hydrogens (tertiary/aromatic N) is 1. The summed E-state index contributed by atoms with van der Waals surface area (Å²) >= 11 is 0. The van der Waals surface area contributed by atoms with E-state index in [0.29, 0.717) is 18.7 Å². The van der Waals surface area contributed by atoms with Gasteiger partial charge in [-0.1, -0.05) is 38.5 Å². The highest BCUT2D eigenvalue weighted by Gasteiger charge is 2.29. The Bertz CT molecular complexity index is 912. The van der Waals surface area contributed by atoms with Crippen molar-refractivity contribution >= 4 is 11.8 Å². The predicted octanol–water partition coefficient (Wildman–Crippen LogP) is 4.85. The number of ether oxygens (including phenoxy) is 1. The molecular formula is C26H35FN2O3. The van der Waals surface area contributed by atoms with Crippen LogP contribution in [0, 0.1) is 26.6 Å². The average molecular weight is 443 g/mol. The molecule has 0 radical (unpaired) electrons. The molecule has 0 saturated heterocycles. The van der Waals surface area contributed by atoms with Crippen molar-refractivity contribution in [2.75, 3.05) is 13.2 Å². The number of nitrogens with one attached hydrogen (secondary N) is 1. The zero-order valence-corrected chi connectivity index (χ0v) is 19.8. The van der Waals surface area contributed by atoms with Gasteiger partial charge in [-0.2, -0.15) is 0 Å². The molecule has 2 aromatic carbocycles. The van der Waals surface area contributed by atoms with Gasteiger partial charge in [-0.3, -0.25) is 9.59 Å². The second kappa shape index (κ2) is 12.2. The van der Waals surface area contributed by atoms with Crippen molar-refractivity contribution in [2.45, 2.75) is 66.5 Å². The Morgan fingerprint density at radius 1 is 1.09 bits per heavy atom. The Labute approximate surface area is 191 Å². The van der Waals surface area contributed by atoms with Crippen molar-refractivity contribution in [1.29, 1.82) is 0 Å². The zero-order valence-electron chi connectivity index (χ0n) is 19.8. The maximum Gasteiger partial charge on any atom is 0.261 e. The Morgan fingerprint density at radius 2 is 1.78 bits per heavy atom. The Balaban J connectivity index is 2.22. The van der Waals surface area contributed by atoms with E-state index >= 15 is 0 Å². The van der Waals surface area contributed by atoms with Gasteiger partial charge in [0.05, 0.1) is 0 Å². The molecule has 0 spiro atoms. The SMILES string of the molecule is CCCCNC(=O)[C@H](CC)N(Cc1ccc(F)cc1)C(=O)COc1cc(C)cc(C)c1C. The minimum atomic E-state index is -0.631. The molecule has 0 fully saturated rings. The summed E-state index contributed by atoms with van der Waals surface area (Å²) < 4.78 is 19.2. The van der Waals surface area contributed by atoms with Crippen molar-refractivity contribution in [2.24, 2.45) is 0 Å². The van der Waals surface area contributed by atoms with Crippen LogP contribution < -0.4 is 10.1 Å². The van der Waals surface area contributed by atoms with Crippen LogP contribution in [0.4, 0.5) is 4.39 Å². The van der Waals surface area contributed by atoms with Gasteiger partial charge in [-0.25, -0.2) is 4.39 Å². The van der Waals surface area contributed by atoms with Gasteiger partial charge in [-0.05, 0) is 74.1 Å². The van der Waals surface area contributed by atoms with Gasteiger partial charge in [0.25, 0.3) is 5.91 Å². The molecule has 0 unspecified atom stereocenters. The lowest BCUT2D eigenvalue weighted by atomic mass is 10.1. The van der Waals surface area contributed by atoms with E-state index in [0.717, 1.165) is 35.1 Å². The molecule has 0 aliphatic rings. The highest BCUT2D eigenvalue weighted by atomic mass is 19.1. The molecular weight excluding hydrogens is 407 g/mol. The van der Waals surface area contributed by atoms with Crippen LogP contribution in [0.2, 0.25) is 0 Å². The van der Waals surface area contributed by atoms with Gasteiger partial charge in [-0.15, -0.1) is 0 Å². The van der Waals surface area contributed by atoms with Crippen LogP contribution in [0.25, 0.3) is 0 Å². The lowest BCUT2D eigenvalue weighted by Gasteiger charge is -2.30. The first-order chi connectivity index (χ1) is 15.3. The van der Waals surface area contributed by atoms with E-state index < -0.39 is 6.04 Å². The maximum atomic E-state index is 13.4. The standard InChI is InChI=1S/C26H35FN2O3/c1-6-8-13-28-26(31)23(7-2)29(16-21-9-11-22(27)12-10-21)25(30)17-32-24-15-18(3)14-19(4)20(24)5/h9-12,14-15,23H,6-8,13,16-17H2,1-5H3,(H,28,31)/t23-/m0/s1. The van der Waals surface area contributed by atoms with Gasteiger partial charge < -0.3 is 15.0 Å². The van der Waals surface area contributed by atoms with Crippen LogP contribution in [-0.2, 0) is 16.1 Å². The number of hydrogen-bond acceptors (Lipinski definition) is 3. The van der Waals surface area contributed by atoms with Gasteiger partial charge in [0, 0.05) is 13.1 Å². The molecule has 0 heterocycles. The normalized spacial score (nSPS) is 11.7. The van der Waals surface area contributed by atoms with Gasteiger partial charge in [0.15, 0.2) is 6.61 Å². The third kappa shape index (κ3) is 7.08. The maximum absolute atomic E-state index is 13.4. The quantitative estimate of drug-likeness (QED) is 0.506. The monoisotopic (exact) mass is 442 g/mol. The van der Waals surface area contributed by atoms with E-state index in [9.17, 15) is 14.0 Å². The second-order valence-corrected chi connectivity index (χ2v) is 8.21. The van der Waals surface area contributed by atoms with Crippen LogP contribution in [0.5, 0.6) is 5.75 Å². The number of unbranched alkanes of at least 4 members (excludes halogenated alkanes) is 1. The third-order valence-electron chi connectivity index (χ3n) is 5.60. The van der Waals surface area contributed by atoms with Crippen molar-refractivity contribution in [3.8, 4) is 5.75 Å². The number of carbonyl (C=O) groups is 2. The van der Waals surface area contributed by atoms with Crippen LogP contribution in [0.1, 0.15) is 55.4 Å². The predicted molar refractivity (Wildman–Crippen MR) is 125 cm³/mol. The van der Waals surface area contributed by atoms with Crippen molar-refractivity contribution in [3.63, 3.8) is 0 Å². The van der Waals surface area contributed by atoms with Gasteiger partial charge in [0.2, 0.25) is 5.91 Å². The smallest absolute Gasteiger partial charge is 0.261 e. The number of carbonyl (C=O) groups excluding carboxylic acids is 2. The summed E-state index contributed by atoms with van der Waals surface area (Å²) in [6.45, 7) is 10.5. The molecule has 0 aromatic heterocycles. The molecule has 6 heteroatoms. The van der Waals surface area contributed by atoms with Gasteiger partial charge in [0.1, 0.15) is 17.6 Å². The molecule has 2 amide bonds. The summed E-state index contributed by atoms with van der Waals surface area (Å²) in [6, 6.07) is 9.32. The fourth-order valence-corrected chi connectivity index (χ4v) is 3.59. The number of halogens is 1. The molecule has 2 rings (SSSR count). The molecule has 0 bridgehead atoms. The highest BCUT2D eigenvalue weighted by Crippen LogP contribution is 2.23. The average Bonchev–Trinajstić information content (AvgIpc) is 2.76. The van der Waals surface area contributed by atoms with Crippen molar-refractivity contribution in [3.05, 3.63) is 64.5 Å². The van der Waals surface area contributed by atoms with Crippen LogP contribution in [0.3, 0.4) is 0 Å². The number of rotatable bonds is 11. The molecule has 32 heavy (non-hydrogen) atoms. The second-order valence-electron chi connectivity index (χ2n) is 8.21. The largest absolute Gasteiger partial charge is 0.483 e. The molecule has 0 aliphatic carbocycles. The lowest BCUT2D eigenvalue weighted by molar-refractivity contribution is -0.143. The van der Waals surface area contributed by atoms with Crippen LogP contribution in [-0.4, -0.2) is 35.9 Å². The minimum absolute atomic E-state index is 0.177. The number of hydrogen-bond donors (Lipinski definition) is 1. The van der Waals surface area contributed by atoms with Crippen molar-refractivity contribution in [1.82, 2.24) is 10.2 Å². The zero-order chi connectivity index (χ0) is 23.7. The number of benzene rings is 2. The fourth-order valence-electron chi connectivity index (χ4n) is 3.59. The molecule has 5 nitrogen and oxygen atoms in total. The van der Waals surface area contributed by atoms with E-state index in [1.165, 1.54) is 17.0 Å². The summed E-state index contributed by atoms with van der Waals surface area (Å²) in [7, 11) is 0. The Kier molecular flexibility index (Phi) is 9.69. The summed E-state index contributed by atoms with van der Waals surface area (Å²) in [6.07, 6.45) is 2.31. The molecule has 1 N–H and O–H groups in total. The topological polar surface area (TPSA) is 58.6 Å². The van der Waals surface area contributed by atoms with E-state index in [1.807, 2.05) is 33.8 Å². The van der Waals surface area contributed by atoms with E-state index in [2.05, 4.69) is 18.3 Å². The number of aryl methyl sites for hydroxylation is 2. The molecule has 0 saturated carbocycles. The number of amides is 2. The first kappa shape index (κ1) is 25.4. The summed E-state index contributed by atoms with van der Waals surface area (Å²) in [5.74, 6) is -0.146. The first-order valence-corrected chi connectivity index (χ1v) is 11.3. The van der Waals surface area contributed by atoms with Crippen LogP contribution in [0.15, 0.2) is 36.4 Å². The summed E-state index contributed by atoms with van der Waals surface area (Å²) in [4.78, 5) is 27.6. The lowest BCUT2D eigenvalue weighted by Crippen LogP contribution is -2.50. The molecule has 0 aliphatic heterocycles. The molecule has 2 aromatic rings. The fraction of sp³-hybridized carbons (Fsp3) is 0.462. The Morgan fingerprint density at radius 3 is 2.41 bits per heavy atom. The first-order valence-electron chi connectivity index (χ1n) is 11.3. The minimum Gasteiger partial charge on any atom is -0.483 e. The van der Waals surface area contributed by atoms with E-state index in [-0.39, 0.29) is 30.8 Å². The summed E-state index contributed by atoms with van der Waals surface area (Å²) in [5.41, 5.74) is 3.89.